The molecule has 1 N–H and O–H groups in total. The number of methoxy groups -OCH3 is 1. The molecule has 0 aromatic heterocycles. The molecule has 1 aliphatic rings. The van der Waals surface area contributed by atoms with Gasteiger partial charge in [0.05, 0.1) is 19.3 Å². The molecule has 0 saturated carbocycles. The molecule has 1 atom stereocenters. The van der Waals surface area contributed by atoms with Crippen LogP contribution in [-0.4, -0.2) is 44.3 Å². The summed E-state index contributed by atoms with van der Waals surface area (Å²) in [4.78, 5) is 13.9. The Hall–Kier alpha value is -2.89. The van der Waals surface area contributed by atoms with Crippen LogP contribution in [0.4, 0.5) is 10.5 Å². The third-order valence-corrected chi connectivity index (χ3v) is 3.74. The van der Waals surface area contributed by atoms with Gasteiger partial charge in [-0.1, -0.05) is 24.3 Å². The number of carbonyl (C=O) groups excluding carboxylic acids is 1. The predicted molar refractivity (Wildman–Crippen MR) is 91.0 cm³/mol. The fourth-order valence-electron chi connectivity index (χ4n) is 2.50. The zero-order valence-corrected chi connectivity index (χ0v) is 13.7. The number of para-hydroxylation sites is 4. The lowest BCUT2D eigenvalue weighted by Gasteiger charge is -2.29. The molecule has 126 valence electrons. The van der Waals surface area contributed by atoms with Gasteiger partial charge in [-0.2, -0.15) is 0 Å². The van der Waals surface area contributed by atoms with Gasteiger partial charge in [0, 0.05) is 7.05 Å². The van der Waals surface area contributed by atoms with Gasteiger partial charge in [0.15, 0.2) is 17.6 Å². The monoisotopic (exact) mass is 328 g/mol. The van der Waals surface area contributed by atoms with E-state index in [1.807, 2.05) is 36.4 Å². The number of ether oxygens (including phenoxy) is 3. The molecule has 0 unspecified atom stereocenters. The number of anilines is 1. The summed E-state index contributed by atoms with van der Waals surface area (Å²) in [6.07, 6.45) is -0.215. The highest BCUT2D eigenvalue weighted by atomic mass is 16.6. The van der Waals surface area contributed by atoms with Gasteiger partial charge in [-0.25, -0.2) is 4.79 Å². The lowest BCUT2D eigenvalue weighted by atomic mass is 10.2. The van der Waals surface area contributed by atoms with E-state index in [2.05, 4.69) is 5.32 Å². The number of likely N-dealkylation sites (N-methyl/N-ethyl adjacent to an activating group) is 1. The van der Waals surface area contributed by atoms with Crippen molar-refractivity contribution in [2.75, 3.05) is 32.6 Å². The van der Waals surface area contributed by atoms with Crippen molar-refractivity contribution in [2.45, 2.75) is 6.10 Å². The van der Waals surface area contributed by atoms with Crippen LogP contribution in [-0.2, 0) is 0 Å². The van der Waals surface area contributed by atoms with E-state index in [9.17, 15) is 4.79 Å². The fraction of sp³-hybridized carbons (Fsp3) is 0.278. The smallest absolute Gasteiger partial charge is 0.321 e. The standard InChI is InChI=1S/C18H20N2O4/c1-20(18(21)19-14-7-3-4-8-15(14)22-2)11-13-12-23-16-9-5-6-10-17(16)24-13/h3-10,13H,11-12H2,1-2H3,(H,19,21)/t13-/m1/s1. The quantitative estimate of drug-likeness (QED) is 0.937. The van der Waals surface area contributed by atoms with Crippen LogP contribution >= 0.6 is 0 Å². The van der Waals surface area contributed by atoms with Crippen LogP contribution in [0.2, 0.25) is 0 Å². The molecule has 0 spiro atoms. The zero-order valence-electron chi connectivity index (χ0n) is 13.7. The Morgan fingerprint density at radius 2 is 1.92 bits per heavy atom. The molecular formula is C18H20N2O4. The summed E-state index contributed by atoms with van der Waals surface area (Å²) in [5.41, 5.74) is 0.628. The summed E-state index contributed by atoms with van der Waals surface area (Å²) in [6.45, 7) is 0.818. The summed E-state index contributed by atoms with van der Waals surface area (Å²) in [6, 6.07) is 14.6. The number of fused-ring (bicyclic) bond motifs is 1. The van der Waals surface area contributed by atoms with E-state index in [-0.39, 0.29) is 12.1 Å². The molecule has 3 rings (SSSR count). The first kappa shape index (κ1) is 16.0. The molecule has 0 radical (unpaired) electrons. The van der Waals surface area contributed by atoms with Crippen LogP contribution in [0.3, 0.4) is 0 Å². The van der Waals surface area contributed by atoms with Gasteiger partial charge in [-0.05, 0) is 24.3 Å². The molecule has 0 bridgehead atoms. The number of urea groups is 1. The lowest BCUT2D eigenvalue weighted by molar-refractivity contribution is 0.0731. The minimum atomic E-state index is -0.234. The van der Waals surface area contributed by atoms with Crippen molar-refractivity contribution in [2.24, 2.45) is 0 Å². The number of nitrogens with zero attached hydrogens (tertiary/aromatic N) is 1. The van der Waals surface area contributed by atoms with Crippen LogP contribution in [0.1, 0.15) is 0 Å². The Kier molecular flexibility index (Phi) is 4.74. The van der Waals surface area contributed by atoms with Gasteiger partial charge >= 0.3 is 6.03 Å². The van der Waals surface area contributed by atoms with Crippen molar-refractivity contribution < 1.29 is 19.0 Å². The molecule has 2 aromatic rings. The third-order valence-electron chi connectivity index (χ3n) is 3.74. The van der Waals surface area contributed by atoms with E-state index in [0.29, 0.717) is 30.3 Å². The van der Waals surface area contributed by atoms with E-state index in [1.165, 1.54) is 0 Å². The maximum Gasteiger partial charge on any atom is 0.321 e. The van der Waals surface area contributed by atoms with Crippen molar-refractivity contribution in [3.63, 3.8) is 0 Å². The number of hydrogen-bond donors (Lipinski definition) is 1. The van der Waals surface area contributed by atoms with Gasteiger partial charge in [-0.15, -0.1) is 0 Å². The van der Waals surface area contributed by atoms with Gasteiger partial charge in [0.2, 0.25) is 0 Å². The minimum absolute atomic E-state index is 0.215. The molecule has 24 heavy (non-hydrogen) atoms. The summed E-state index contributed by atoms with van der Waals surface area (Å²) >= 11 is 0. The normalized spacial score (nSPS) is 15.5. The molecular weight excluding hydrogens is 308 g/mol. The molecule has 0 aliphatic carbocycles. The lowest BCUT2D eigenvalue weighted by Crippen LogP contribution is -2.43. The van der Waals surface area contributed by atoms with E-state index >= 15 is 0 Å². The van der Waals surface area contributed by atoms with Crippen LogP contribution in [0, 0.1) is 0 Å². The Morgan fingerprint density at radius 1 is 1.21 bits per heavy atom. The first-order valence-electron chi connectivity index (χ1n) is 7.71. The number of amides is 2. The van der Waals surface area contributed by atoms with Gasteiger partial charge in [0.25, 0.3) is 0 Å². The average molecular weight is 328 g/mol. The van der Waals surface area contributed by atoms with Crippen LogP contribution in [0.25, 0.3) is 0 Å². The van der Waals surface area contributed by atoms with Crippen LogP contribution in [0.5, 0.6) is 17.2 Å². The number of nitrogens with one attached hydrogen (secondary N) is 1. The molecule has 0 saturated heterocycles. The van der Waals surface area contributed by atoms with Crippen molar-refractivity contribution >= 4 is 11.7 Å². The first-order valence-corrected chi connectivity index (χ1v) is 7.71. The predicted octanol–water partition coefficient (Wildman–Crippen LogP) is 3.00. The zero-order chi connectivity index (χ0) is 16.9. The van der Waals surface area contributed by atoms with E-state index in [0.717, 1.165) is 5.75 Å². The Labute approximate surface area is 140 Å². The van der Waals surface area contributed by atoms with Crippen molar-refractivity contribution in [1.82, 2.24) is 4.90 Å². The van der Waals surface area contributed by atoms with E-state index in [1.54, 1.807) is 31.2 Å². The van der Waals surface area contributed by atoms with Crippen molar-refractivity contribution in [1.29, 1.82) is 0 Å². The fourth-order valence-corrected chi connectivity index (χ4v) is 2.50. The first-order chi connectivity index (χ1) is 11.7. The van der Waals surface area contributed by atoms with E-state index < -0.39 is 0 Å². The Bertz CT molecular complexity index is 720. The minimum Gasteiger partial charge on any atom is -0.495 e. The van der Waals surface area contributed by atoms with Gasteiger partial charge in [-0.3, -0.25) is 0 Å². The molecule has 2 amide bonds. The Morgan fingerprint density at radius 3 is 2.71 bits per heavy atom. The van der Waals surface area contributed by atoms with Crippen LogP contribution < -0.4 is 19.5 Å². The number of benzene rings is 2. The molecule has 2 aromatic carbocycles. The van der Waals surface area contributed by atoms with Gasteiger partial charge < -0.3 is 24.4 Å². The van der Waals surface area contributed by atoms with E-state index in [4.69, 9.17) is 14.2 Å². The largest absolute Gasteiger partial charge is 0.495 e. The second-order valence-electron chi connectivity index (χ2n) is 5.51. The Balaban J connectivity index is 1.59. The maximum atomic E-state index is 12.4. The number of rotatable bonds is 4. The van der Waals surface area contributed by atoms with Crippen molar-refractivity contribution in [3.05, 3.63) is 48.5 Å². The molecule has 1 aliphatic heterocycles. The topological polar surface area (TPSA) is 60.0 Å². The van der Waals surface area contributed by atoms with Gasteiger partial charge in [0.1, 0.15) is 12.4 Å². The highest BCUT2D eigenvalue weighted by Crippen LogP contribution is 2.31. The summed E-state index contributed by atoms with van der Waals surface area (Å²) in [5, 5.41) is 2.84. The highest BCUT2D eigenvalue weighted by molar-refractivity contribution is 5.90. The highest BCUT2D eigenvalue weighted by Gasteiger charge is 2.24. The molecule has 6 nitrogen and oxygen atoms in total. The van der Waals surface area contributed by atoms with Crippen molar-refractivity contribution in [3.8, 4) is 17.2 Å². The third kappa shape index (κ3) is 3.53. The molecule has 6 heteroatoms. The summed E-state index contributed by atoms with van der Waals surface area (Å²) in [5.74, 6) is 2.05. The number of hydrogen-bond acceptors (Lipinski definition) is 4. The summed E-state index contributed by atoms with van der Waals surface area (Å²) in [7, 11) is 3.29. The molecule has 0 fully saturated rings. The average Bonchev–Trinajstić information content (AvgIpc) is 2.62. The molecule has 1 heterocycles. The second kappa shape index (κ2) is 7.12. The second-order valence-corrected chi connectivity index (χ2v) is 5.51. The SMILES string of the molecule is COc1ccccc1NC(=O)N(C)C[C@@H]1COc2ccccc2O1. The van der Waals surface area contributed by atoms with Crippen LogP contribution in [0.15, 0.2) is 48.5 Å². The summed E-state index contributed by atoms with van der Waals surface area (Å²) < 4.78 is 16.8. The number of carbonyl (C=O) groups is 1. The maximum absolute atomic E-state index is 12.4.